The van der Waals surface area contributed by atoms with Crippen LogP contribution in [-0.4, -0.2) is 71.1 Å². The molecule has 2 saturated heterocycles. The van der Waals surface area contributed by atoms with Crippen LogP contribution < -0.4 is 21.3 Å². The number of amides is 5. The van der Waals surface area contributed by atoms with Crippen LogP contribution >= 0.6 is 24.8 Å². The molecule has 14 heteroatoms. The molecule has 0 spiro atoms. The summed E-state index contributed by atoms with van der Waals surface area (Å²) in [5.41, 5.74) is 4.81. The van der Waals surface area contributed by atoms with Crippen LogP contribution in [0.15, 0.2) is 54.7 Å². The number of halogens is 2. The first-order chi connectivity index (χ1) is 21.7. The summed E-state index contributed by atoms with van der Waals surface area (Å²) in [4.78, 5) is 59.3. The summed E-state index contributed by atoms with van der Waals surface area (Å²) in [6, 6.07) is 14.3. The van der Waals surface area contributed by atoms with E-state index < -0.39 is 18.2 Å². The van der Waals surface area contributed by atoms with Crippen molar-refractivity contribution in [3.05, 3.63) is 66.1 Å². The zero-order valence-corrected chi connectivity index (χ0v) is 28.3. The van der Waals surface area contributed by atoms with Crippen molar-refractivity contribution >= 4 is 48.8 Å². The highest BCUT2D eigenvalue weighted by Gasteiger charge is 2.37. The zero-order chi connectivity index (χ0) is 31.9. The van der Waals surface area contributed by atoms with E-state index in [0.29, 0.717) is 13.1 Å². The third-order valence-electron chi connectivity index (χ3n) is 8.39. The molecule has 1 aromatic heterocycles. The molecule has 3 atom stereocenters. The molecule has 2 unspecified atom stereocenters. The highest BCUT2D eigenvalue weighted by Crippen LogP contribution is 2.33. The first kappa shape index (κ1) is 37.3. The number of aromatic amines is 1. The molecule has 5 rings (SSSR count). The smallest absolute Gasteiger partial charge is 0.407 e. The number of nitrogens with one attached hydrogen (secondary N) is 5. The van der Waals surface area contributed by atoms with E-state index in [1.807, 2.05) is 62.4 Å². The number of carbonyl (C=O) groups is 4. The van der Waals surface area contributed by atoms with E-state index in [-0.39, 0.29) is 54.6 Å². The zero-order valence-electron chi connectivity index (χ0n) is 26.7. The number of hydrogen-bond acceptors (Lipinski definition) is 7. The Kier molecular flexibility index (Phi) is 13.6. The van der Waals surface area contributed by atoms with Gasteiger partial charge in [-0.2, -0.15) is 0 Å². The molecule has 2 fully saturated rings. The van der Waals surface area contributed by atoms with Crippen molar-refractivity contribution in [1.29, 1.82) is 0 Å². The van der Waals surface area contributed by atoms with Gasteiger partial charge < -0.3 is 30.6 Å². The van der Waals surface area contributed by atoms with E-state index in [0.717, 1.165) is 66.0 Å². The summed E-state index contributed by atoms with van der Waals surface area (Å²) in [6.07, 6.45) is 4.47. The molecule has 47 heavy (non-hydrogen) atoms. The van der Waals surface area contributed by atoms with Crippen LogP contribution in [0.4, 0.5) is 9.59 Å². The van der Waals surface area contributed by atoms with E-state index in [1.165, 1.54) is 7.11 Å². The molecule has 254 valence electrons. The minimum atomic E-state index is -0.681. The number of ether oxygens (including phenoxy) is 1. The lowest BCUT2D eigenvalue weighted by Gasteiger charge is -2.30. The standard InChI is InChI=1S/C33H41N7O5.2ClH/c1-20(2)28(38-33(44)45-3)31(42)40-17-5-7-27(40)29-35-19-26(37-29)24-14-12-23(13-15-24)22-10-8-21(9-11-22)18-36-32(43)39-30(41)25-6-4-16-34-25;;/h8-15,19-20,25,27-28,34H,4-7,16-18H2,1-3H3,(H,35,37)(H,38,44)(H2,36,39,41,43);2*1H/t25?,27?,28-;;/m0../s1. The molecule has 0 aliphatic carbocycles. The van der Waals surface area contributed by atoms with Crippen LogP contribution in [-0.2, 0) is 20.9 Å². The maximum atomic E-state index is 13.4. The normalized spacial score (nSPS) is 17.7. The Morgan fingerprint density at radius 2 is 1.62 bits per heavy atom. The minimum absolute atomic E-state index is 0. The number of imide groups is 1. The van der Waals surface area contributed by atoms with Crippen LogP contribution in [0.2, 0.25) is 0 Å². The Labute approximate surface area is 287 Å². The van der Waals surface area contributed by atoms with Crippen molar-refractivity contribution in [3.8, 4) is 22.4 Å². The second kappa shape index (κ2) is 17.1. The van der Waals surface area contributed by atoms with Gasteiger partial charge in [-0.05, 0) is 60.4 Å². The SMILES string of the molecule is COC(=O)N[C@H](C(=O)N1CCCC1c1ncc(-c2ccc(-c3ccc(CNC(=O)NC(=O)C4CCCN4)cc3)cc2)[nH]1)C(C)C.Cl.Cl. The number of carbonyl (C=O) groups excluding carboxylic acids is 4. The topological polar surface area (TPSA) is 158 Å². The van der Waals surface area contributed by atoms with E-state index in [2.05, 4.69) is 31.2 Å². The number of alkyl carbamates (subject to hydrolysis) is 1. The number of hydrogen-bond donors (Lipinski definition) is 5. The van der Waals surface area contributed by atoms with E-state index in [9.17, 15) is 19.2 Å². The highest BCUT2D eigenvalue weighted by molar-refractivity contribution is 5.97. The van der Waals surface area contributed by atoms with Crippen LogP contribution in [0, 0.1) is 5.92 Å². The van der Waals surface area contributed by atoms with Gasteiger partial charge in [-0.25, -0.2) is 14.6 Å². The maximum Gasteiger partial charge on any atom is 0.407 e. The molecule has 0 saturated carbocycles. The van der Waals surface area contributed by atoms with Gasteiger partial charge in [0.05, 0.1) is 31.1 Å². The van der Waals surface area contributed by atoms with Crippen molar-refractivity contribution in [2.45, 2.75) is 64.2 Å². The van der Waals surface area contributed by atoms with E-state index >= 15 is 0 Å². The van der Waals surface area contributed by atoms with Crippen molar-refractivity contribution in [1.82, 2.24) is 36.1 Å². The van der Waals surface area contributed by atoms with Crippen LogP contribution in [0.5, 0.6) is 0 Å². The Hall–Kier alpha value is -4.13. The summed E-state index contributed by atoms with van der Waals surface area (Å²) in [6.45, 7) is 5.49. The van der Waals surface area contributed by atoms with E-state index in [4.69, 9.17) is 4.74 Å². The van der Waals surface area contributed by atoms with Gasteiger partial charge in [0.15, 0.2) is 0 Å². The molecular weight excluding hydrogens is 645 g/mol. The average molecular weight is 689 g/mol. The fourth-order valence-corrected chi connectivity index (χ4v) is 5.84. The quantitative estimate of drug-likeness (QED) is 0.218. The van der Waals surface area contributed by atoms with Crippen molar-refractivity contribution in [3.63, 3.8) is 0 Å². The largest absolute Gasteiger partial charge is 0.453 e. The Bertz CT molecular complexity index is 1510. The van der Waals surface area contributed by atoms with Gasteiger partial charge in [0, 0.05) is 13.1 Å². The number of methoxy groups -OCH3 is 1. The molecule has 0 bridgehead atoms. The van der Waals surface area contributed by atoms with Gasteiger partial charge in [0.25, 0.3) is 0 Å². The number of urea groups is 1. The molecule has 3 heterocycles. The van der Waals surface area contributed by atoms with Crippen molar-refractivity contribution in [2.24, 2.45) is 5.92 Å². The van der Waals surface area contributed by atoms with Crippen LogP contribution in [0.1, 0.15) is 57.0 Å². The summed E-state index contributed by atoms with van der Waals surface area (Å²) in [5, 5.41) is 10.9. The van der Waals surface area contributed by atoms with Crippen LogP contribution in [0.25, 0.3) is 22.4 Å². The second-order valence-corrected chi connectivity index (χ2v) is 11.8. The Balaban J connectivity index is 0.00000300. The molecule has 2 aliphatic heterocycles. The lowest BCUT2D eigenvalue weighted by Crippen LogP contribution is -2.51. The molecule has 5 amide bonds. The third kappa shape index (κ3) is 9.24. The average Bonchev–Trinajstić information content (AvgIpc) is 3.84. The van der Waals surface area contributed by atoms with Gasteiger partial charge in [-0.1, -0.05) is 62.4 Å². The molecular formula is C33H43Cl2N7O5. The lowest BCUT2D eigenvalue weighted by molar-refractivity contribution is -0.135. The predicted octanol–water partition coefficient (Wildman–Crippen LogP) is 4.71. The summed E-state index contributed by atoms with van der Waals surface area (Å²) in [5.74, 6) is 0.185. The molecule has 2 aromatic carbocycles. The number of imidazole rings is 1. The van der Waals surface area contributed by atoms with Gasteiger partial charge >= 0.3 is 12.1 Å². The van der Waals surface area contributed by atoms with Crippen molar-refractivity contribution in [2.75, 3.05) is 20.2 Å². The van der Waals surface area contributed by atoms with Crippen LogP contribution in [0.3, 0.4) is 0 Å². The third-order valence-corrected chi connectivity index (χ3v) is 8.39. The molecule has 5 N–H and O–H groups in total. The first-order valence-electron chi connectivity index (χ1n) is 15.4. The lowest BCUT2D eigenvalue weighted by atomic mass is 10.0. The summed E-state index contributed by atoms with van der Waals surface area (Å²) < 4.78 is 4.72. The fraction of sp³-hybridized carbons (Fsp3) is 0.424. The Morgan fingerprint density at radius 3 is 2.23 bits per heavy atom. The van der Waals surface area contributed by atoms with Gasteiger partial charge in [0.1, 0.15) is 11.9 Å². The number of likely N-dealkylation sites (tertiary alicyclic amines) is 1. The van der Waals surface area contributed by atoms with Gasteiger partial charge in [-0.3, -0.25) is 14.9 Å². The Morgan fingerprint density at radius 1 is 0.957 bits per heavy atom. The molecule has 2 aliphatic rings. The highest BCUT2D eigenvalue weighted by atomic mass is 35.5. The van der Waals surface area contributed by atoms with Gasteiger partial charge in [-0.15, -0.1) is 24.8 Å². The number of H-pyrrole nitrogens is 1. The van der Waals surface area contributed by atoms with Gasteiger partial charge in [0.2, 0.25) is 11.8 Å². The number of nitrogens with zero attached hydrogens (tertiary/aromatic N) is 2. The first-order valence-corrected chi connectivity index (χ1v) is 15.4. The fourth-order valence-electron chi connectivity index (χ4n) is 5.84. The molecule has 0 radical (unpaired) electrons. The predicted molar refractivity (Wildman–Crippen MR) is 183 cm³/mol. The molecule has 12 nitrogen and oxygen atoms in total. The molecule has 3 aromatic rings. The number of rotatable bonds is 9. The maximum absolute atomic E-state index is 13.4. The number of aromatic nitrogens is 2. The number of benzene rings is 2. The second-order valence-electron chi connectivity index (χ2n) is 11.8. The summed E-state index contributed by atoms with van der Waals surface area (Å²) >= 11 is 0. The minimum Gasteiger partial charge on any atom is -0.453 e. The van der Waals surface area contributed by atoms with Crippen molar-refractivity contribution < 1.29 is 23.9 Å². The monoisotopic (exact) mass is 687 g/mol. The summed E-state index contributed by atoms with van der Waals surface area (Å²) in [7, 11) is 1.28. The van der Waals surface area contributed by atoms with E-state index in [1.54, 1.807) is 11.1 Å².